The molecule has 1 fully saturated rings. The van der Waals surface area contributed by atoms with Crippen molar-refractivity contribution < 1.29 is 14.7 Å². The minimum absolute atomic E-state index is 0.0245. The van der Waals surface area contributed by atoms with Crippen molar-refractivity contribution >= 4 is 23.6 Å². The topological polar surface area (TPSA) is 78.4 Å². The second-order valence-electron chi connectivity index (χ2n) is 4.54. The van der Waals surface area contributed by atoms with E-state index in [-0.39, 0.29) is 30.3 Å². The van der Waals surface area contributed by atoms with E-state index < -0.39 is 5.97 Å². The fourth-order valence-electron chi connectivity index (χ4n) is 1.66. The van der Waals surface area contributed by atoms with Crippen molar-refractivity contribution in [3.63, 3.8) is 0 Å². The van der Waals surface area contributed by atoms with E-state index in [0.29, 0.717) is 0 Å². The Kier molecular flexibility index (Phi) is 5.77. The van der Waals surface area contributed by atoms with Crippen molar-refractivity contribution in [3.8, 4) is 0 Å². The molecule has 0 radical (unpaired) electrons. The van der Waals surface area contributed by atoms with Crippen LogP contribution in [0.1, 0.15) is 20.3 Å². The van der Waals surface area contributed by atoms with Crippen LogP contribution in [0.2, 0.25) is 0 Å². The first kappa shape index (κ1) is 14.3. The smallest absolute Gasteiger partial charge is 0.305 e. The largest absolute Gasteiger partial charge is 0.481 e. The van der Waals surface area contributed by atoms with Gasteiger partial charge < -0.3 is 15.7 Å². The first-order valence-corrected chi connectivity index (χ1v) is 6.99. The van der Waals surface area contributed by atoms with E-state index in [0.717, 1.165) is 18.1 Å². The van der Waals surface area contributed by atoms with Gasteiger partial charge in [0, 0.05) is 24.1 Å². The number of nitrogens with one attached hydrogen (secondary N) is 2. The zero-order valence-electron chi connectivity index (χ0n) is 10.2. The van der Waals surface area contributed by atoms with Gasteiger partial charge in [-0.3, -0.25) is 9.59 Å². The van der Waals surface area contributed by atoms with Crippen molar-refractivity contribution in [2.75, 3.05) is 18.1 Å². The summed E-state index contributed by atoms with van der Waals surface area (Å²) in [5, 5.41) is 14.7. The van der Waals surface area contributed by atoms with E-state index >= 15 is 0 Å². The lowest BCUT2D eigenvalue weighted by Gasteiger charge is -2.26. The SMILES string of the molecule is CC(C)C(CC(=O)O)NC(=O)C1CSCCN1. The predicted molar refractivity (Wildman–Crippen MR) is 68.1 cm³/mol. The highest BCUT2D eigenvalue weighted by molar-refractivity contribution is 7.99. The van der Waals surface area contributed by atoms with Crippen LogP contribution in [0, 0.1) is 5.92 Å². The Hall–Kier alpha value is -0.750. The zero-order valence-corrected chi connectivity index (χ0v) is 11.0. The molecule has 0 aliphatic carbocycles. The van der Waals surface area contributed by atoms with E-state index in [1.807, 2.05) is 13.8 Å². The highest BCUT2D eigenvalue weighted by Crippen LogP contribution is 2.10. The Balaban J connectivity index is 2.47. The van der Waals surface area contributed by atoms with Crippen LogP contribution in [0.5, 0.6) is 0 Å². The normalized spacial score (nSPS) is 22.2. The van der Waals surface area contributed by atoms with Crippen LogP contribution < -0.4 is 10.6 Å². The molecule has 0 spiro atoms. The van der Waals surface area contributed by atoms with Crippen LogP contribution in [-0.2, 0) is 9.59 Å². The van der Waals surface area contributed by atoms with Gasteiger partial charge in [0.1, 0.15) is 0 Å². The van der Waals surface area contributed by atoms with Gasteiger partial charge in [0.25, 0.3) is 0 Å². The van der Waals surface area contributed by atoms with Crippen LogP contribution in [0.3, 0.4) is 0 Å². The van der Waals surface area contributed by atoms with Gasteiger partial charge in [-0.1, -0.05) is 13.8 Å². The molecule has 1 aliphatic rings. The van der Waals surface area contributed by atoms with E-state index in [4.69, 9.17) is 5.11 Å². The summed E-state index contributed by atoms with van der Waals surface area (Å²) in [4.78, 5) is 22.6. The fraction of sp³-hybridized carbons (Fsp3) is 0.818. The third-order valence-corrected chi connectivity index (χ3v) is 3.83. The number of hydrogen-bond acceptors (Lipinski definition) is 4. The molecule has 5 nitrogen and oxygen atoms in total. The summed E-state index contributed by atoms with van der Waals surface area (Å²) in [5.74, 6) is 0.925. The number of aliphatic carboxylic acids is 1. The molecule has 1 amide bonds. The summed E-state index contributed by atoms with van der Waals surface area (Å²) < 4.78 is 0. The summed E-state index contributed by atoms with van der Waals surface area (Å²) in [5.41, 5.74) is 0. The molecule has 2 unspecified atom stereocenters. The average molecular weight is 260 g/mol. The highest BCUT2D eigenvalue weighted by Gasteiger charge is 2.25. The van der Waals surface area contributed by atoms with Gasteiger partial charge in [-0.25, -0.2) is 0 Å². The second kappa shape index (κ2) is 6.86. The van der Waals surface area contributed by atoms with Crippen LogP contribution in [0.4, 0.5) is 0 Å². The molecule has 3 N–H and O–H groups in total. The molecule has 98 valence electrons. The molecule has 2 atom stereocenters. The van der Waals surface area contributed by atoms with Gasteiger partial charge in [0.05, 0.1) is 12.5 Å². The molecule has 1 heterocycles. The lowest BCUT2D eigenvalue weighted by Crippen LogP contribution is -2.52. The average Bonchev–Trinajstić information content (AvgIpc) is 2.28. The Morgan fingerprint density at radius 2 is 2.24 bits per heavy atom. The number of carboxylic acid groups (broad SMARTS) is 1. The molecule has 0 aromatic rings. The van der Waals surface area contributed by atoms with E-state index in [1.165, 1.54) is 0 Å². The van der Waals surface area contributed by atoms with Crippen molar-refractivity contribution in [1.29, 1.82) is 0 Å². The van der Waals surface area contributed by atoms with E-state index in [9.17, 15) is 9.59 Å². The summed E-state index contributed by atoms with van der Waals surface area (Å²) in [6.07, 6.45) is -0.0245. The molecule has 0 aromatic carbocycles. The maximum atomic E-state index is 11.9. The number of rotatable bonds is 5. The molecular weight excluding hydrogens is 240 g/mol. The number of carbonyl (C=O) groups is 2. The molecule has 1 rings (SSSR count). The molecule has 1 saturated heterocycles. The molecule has 0 aromatic heterocycles. The Labute approximate surface area is 106 Å². The van der Waals surface area contributed by atoms with Gasteiger partial charge in [0.2, 0.25) is 5.91 Å². The number of amides is 1. The lowest BCUT2D eigenvalue weighted by atomic mass is 10.0. The minimum Gasteiger partial charge on any atom is -0.481 e. The highest BCUT2D eigenvalue weighted by atomic mass is 32.2. The van der Waals surface area contributed by atoms with E-state index in [1.54, 1.807) is 11.8 Å². The quantitative estimate of drug-likeness (QED) is 0.663. The Bertz CT molecular complexity index is 278. The van der Waals surface area contributed by atoms with Crippen molar-refractivity contribution in [3.05, 3.63) is 0 Å². The Morgan fingerprint density at radius 1 is 1.53 bits per heavy atom. The van der Waals surface area contributed by atoms with Crippen LogP contribution in [-0.4, -0.2) is 47.1 Å². The number of hydrogen-bond donors (Lipinski definition) is 3. The van der Waals surface area contributed by atoms with Gasteiger partial charge in [-0.2, -0.15) is 11.8 Å². The number of thioether (sulfide) groups is 1. The molecule has 17 heavy (non-hydrogen) atoms. The molecule has 0 bridgehead atoms. The standard InChI is InChI=1S/C11H20N2O3S/c1-7(2)8(5-10(14)15)13-11(16)9-6-17-4-3-12-9/h7-9,12H,3-6H2,1-2H3,(H,13,16)(H,14,15). The lowest BCUT2D eigenvalue weighted by molar-refractivity contribution is -0.138. The van der Waals surface area contributed by atoms with Crippen LogP contribution in [0.25, 0.3) is 0 Å². The van der Waals surface area contributed by atoms with Crippen molar-refractivity contribution in [2.45, 2.75) is 32.4 Å². The van der Waals surface area contributed by atoms with E-state index in [2.05, 4.69) is 10.6 Å². The summed E-state index contributed by atoms with van der Waals surface area (Å²) in [6, 6.07) is -0.488. The van der Waals surface area contributed by atoms with Crippen LogP contribution >= 0.6 is 11.8 Å². The molecular formula is C11H20N2O3S. The third kappa shape index (κ3) is 4.95. The zero-order chi connectivity index (χ0) is 12.8. The molecule has 6 heteroatoms. The van der Waals surface area contributed by atoms with Crippen molar-refractivity contribution in [2.24, 2.45) is 5.92 Å². The van der Waals surface area contributed by atoms with Gasteiger partial charge >= 0.3 is 5.97 Å². The number of carboxylic acids is 1. The summed E-state index contributed by atoms with van der Waals surface area (Å²) >= 11 is 1.74. The van der Waals surface area contributed by atoms with Gasteiger partial charge in [0.15, 0.2) is 0 Å². The maximum absolute atomic E-state index is 11.9. The van der Waals surface area contributed by atoms with Crippen LogP contribution in [0.15, 0.2) is 0 Å². The fourth-order valence-corrected chi connectivity index (χ4v) is 2.59. The molecule has 1 aliphatic heterocycles. The first-order chi connectivity index (χ1) is 8.00. The molecule has 0 saturated carbocycles. The second-order valence-corrected chi connectivity index (χ2v) is 5.69. The monoisotopic (exact) mass is 260 g/mol. The number of carbonyl (C=O) groups excluding carboxylic acids is 1. The summed E-state index contributed by atoms with van der Waals surface area (Å²) in [6.45, 7) is 4.65. The third-order valence-electron chi connectivity index (χ3n) is 2.77. The minimum atomic E-state index is -0.880. The first-order valence-electron chi connectivity index (χ1n) is 5.84. The predicted octanol–water partition coefficient (Wildman–Crippen LogP) is 0.307. The van der Waals surface area contributed by atoms with Gasteiger partial charge in [-0.05, 0) is 5.92 Å². The Morgan fingerprint density at radius 3 is 2.71 bits per heavy atom. The van der Waals surface area contributed by atoms with Gasteiger partial charge in [-0.15, -0.1) is 0 Å². The maximum Gasteiger partial charge on any atom is 0.305 e. The summed E-state index contributed by atoms with van der Waals surface area (Å²) in [7, 11) is 0. The van der Waals surface area contributed by atoms with Crippen molar-refractivity contribution in [1.82, 2.24) is 10.6 Å².